The normalized spacial score (nSPS) is 10.5. The molecule has 3 aromatic rings. The van der Waals surface area contributed by atoms with Gasteiger partial charge >= 0.3 is 0 Å². The van der Waals surface area contributed by atoms with Gasteiger partial charge in [-0.05, 0) is 55.5 Å². The van der Waals surface area contributed by atoms with Crippen molar-refractivity contribution in [1.29, 1.82) is 0 Å². The van der Waals surface area contributed by atoms with E-state index in [2.05, 4.69) is 4.98 Å². The van der Waals surface area contributed by atoms with Gasteiger partial charge in [-0.3, -0.25) is 9.36 Å². The molecule has 6 heteroatoms. The Bertz CT molecular complexity index is 850. The molecule has 3 rings (SSSR count). The van der Waals surface area contributed by atoms with Crippen molar-refractivity contribution in [3.05, 3.63) is 60.4 Å². The van der Waals surface area contributed by atoms with Crippen LogP contribution in [-0.2, 0) is 0 Å². The lowest BCUT2D eigenvalue weighted by molar-refractivity contribution is 0.0797. The molecule has 0 aliphatic rings. The zero-order valence-corrected chi connectivity index (χ0v) is 16.0. The van der Waals surface area contributed by atoms with Crippen molar-refractivity contribution < 1.29 is 14.3 Å². The Morgan fingerprint density at radius 2 is 1.56 bits per heavy atom. The van der Waals surface area contributed by atoms with Gasteiger partial charge < -0.3 is 14.4 Å². The number of carbonyl (C=O) groups is 1. The number of hydrogen-bond donors (Lipinski definition) is 0. The average Bonchev–Trinajstić information content (AvgIpc) is 3.18. The summed E-state index contributed by atoms with van der Waals surface area (Å²) in [6.07, 6.45) is 1.77. The predicted octanol–water partition coefficient (Wildman–Crippen LogP) is 3.65. The highest BCUT2D eigenvalue weighted by Crippen LogP contribution is 2.26. The topological polar surface area (TPSA) is 56.6 Å². The highest BCUT2D eigenvalue weighted by Gasteiger charge is 2.19. The largest absolute Gasteiger partial charge is 0.497 e. The Labute approximate surface area is 159 Å². The molecule has 0 saturated carbocycles. The van der Waals surface area contributed by atoms with Gasteiger partial charge in [-0.2, -0.15) is 0 Å². The zero-order valence-electron chi connectivity index (χ0n) is 16.0. The second-order valence-corrected chi connectivity index (χ2v) is 6.07. The van der Waals surface area contributed by atoms with Crippen LogP contribution >= 0.6 is 0 Å². The van der Waals surface area contributed by atoms with Crippen LogP contribution in [0.4, 0.5) is 0 Å². The number of hydrogen-bond acceptors (Lipinski definition) is 4. The van der Waals surface area contributed by atoms with Crippen LogP contribution in [0.2, 0.25) is 0 Å². The van der Waals surface area contributed by atoms with Gasteiger partial charge in [0, 0.05) is 31.0 Å². The Morgan fingerprint density at radius 1 is 1.00 bits per heavy atom. The van der Waals surface area contributed by atoms with Crippen molar-refractivity contribution in [3.8, 4) is 28.6 Å². The van der Waals surface area contributed by atoms with Crippen LogP contribution in [0.3, 0.4) is 0 Å². The first-order chi connectivity index (χ1) is 13.1. The van der Waals surface area contributed by atoms with Gasteiger partial charge in [0.05, 0.1) is 14.2 Å². The molecule has 1 heterocycles. The van der Waals surface area contributed by atoms with Crippen molar-refractivity contribution in [2.24, 2.45) is 0 Å². The van der Waals surface area contributed by atoms with E-state index in [1.54, 1.807) is 32.4 Å². The molecule has 0 aliphatic carbocycles. The molecule has 0 fully saturated rings. The first kappa shape index (κ1) is 18.5. The third-order valence-electron chi connectivity index (χ3n) is 4.44. The lowest BCUT2D eigenvalue weighted by atomic mass is 10.2. The third kappa shape index (κ3) is 3.79. The van der Waals surface area contributed by atoms with Crippen LogP contribution in [0, 0.1) is 0 Å². The molecule has 2 aromatic carbocycles. The fourth-order valence-electron chi connectivity index (χ4n) is 2.71. The Hall–Kier alpha value is -3.28. The highest BCUT2D eigenvalue weighted by molar-refractivity contribution is 5.92. The van der Waals surface area contributed by atoms with Crippen LogP contribution in [0.1, 0.15) is 17.4 Å². The molecule has 0 radical (unpaired) electrons. The summed E-state index contributed by atoms with van der Waals surface area (Å²) >= 11 is 0. The second-order valence-electron chi connectivity index (χ2n) is 6.07. The molecular weight excluding hydrogens is 342 g/mol. The first-order valence-corrected chi connectivity index (χ1v) is 8.71. The molecule has 1 amide bonds. The van der Waals surface area contributed by atoms with Crippen LogP contribution in [0.25, 0.3) is 17.1 Å². The summed E-state index contributed by atoms with van der Waals surface area (Å²) in [6.45, 7) is 2.55. The summed E-state index contributed by atoms with van der Waals surface area (Å²) in [4.78, 5) is 18.9. The van der Waals surface area contributed by atoms with Gasteiger partial charge in [0.1, 0.15) is 23.0 Å². The van der Waals surface area contributed by atoms with E-state index < -0.39 is 0 Å². The minimum Gasteiger partial charge on any atom is -0.497 e. The van der Waals surface area contributed by atoms with E-state index in [0.29, 0.717) is 18.1 Å². The standard InChI is InChI=1S/C21H23N3O3/c1-5-23(2)21(25)19-14-24(16-8-12-18(27-4)13-9-16)20(22-19)15-6-10-17(26-3)11-7-15/h6-14H,5H2,1-4H3. The molecule has 0 aliphatic heterocycles. The van der Waals surface area contributed by atoms with Crippen LogP contribution in [0.15, 0.2) is 54.7 Å². The van der Waals surface area contributed by atoms with Crippen molar-refractivity contribution >= 4 is 5.91 Å². The third-order valence-corrected chi connectivity index (χ3v) is 4.44. The molecule has 1 aromatic heterocycles. The molecule has 140 valence electrons. The number of aromatic nitrogens is 2. The minimum absolute atomic E-state index is 0.112. The number of nitrogens with zero attached hydrogens (tertiary/aromatic N) is 3. The first-order valence-electron chi connectivity index (χ1n) is 8.71. The maximum atomic E-state index is 12.6. The fourth-order valence-corrected chi connectivity index (χ4v) is 2.71. The maximum Gasteiger partial charge on any atom is 0.273 e. The van der Waals surface area contributed by atoms with Crippen molar-refractivity contribution in [1.82, 2.24) is 14.5 Å². The van der Waals surface area contributed by atoms with E-state index in [9.17, 15) is 4.79 Å². The van der Waals surface area contributed by atoms with E-state index >= 15 is 0 Å². The Balaban J connectivity index is 2.10. The number of amides is 1. The van der Waals surface area contributed by atoms with Crippen LogP contribution in [-0.4, -0.2) is 48.2 Å². The SMILES string of the molecule is CCN(C)C(=O)c1cn(-c2ccc(OC)cc2)c(-c2ccc(OC)cc2)n1. The average molecular weight is 365 g/mol. The Morgan fingerprint density at radius 3 is 2.07 bits per heavy atom. The minimum atomic E-state index is -0.112. The number of carbonyl (C=O) groups excluding carboxylic acids is 1. The lowest BCUT2D eigenvalue weighted by Crippen LogP contribution is -2.26. The summed E-state index contributed by atoms with van der Waals surface area (Å²) in [5.41, 5.74) is 2.19. The van der Waals surface area contributed by atoms with Gasteiger partial charge in [0.15, 0.2) is 0 Å². The monoisotopic (exact) mass is 365 g/mol. The number of ether oxygens (including phenoxy) is 2. The second kappa shape index (κ2) is 7.95. The molecular formula is C21H23N3O3. The lowest BCUT2D eigenvalue weighted by Gasteiger charge is -2.11. The quantitative estimate of drug-likeness (QED) is 0.669. The highest BCUT2D eigenvalue weighted by atomic mass is 16.5. The summed E-state index contributed by atoms with van der Waals surface area (Å²) in [5, 5.41) is 0. The van der Waals surface area contributed by atoms with Crippen LogP contribution in [0.5, 0.6) is 11.5 Å². The summed E-state index contributed by atoms with van der Waals surface area (Å²) in [7, 11) is 5.03. The molecule has 0 atom stereocenters. The van der Waals surface area contributed by atoms with Gasteiger partial charge in [0.25, 0.3) is 5.91 Å². The molecule has 0 spiro atoms. The van der Waals surface area contributed by atoms with E-state index in [0.717, 1.165) is 22.7 Å². The number of imidazole rings is 1. The predicted molar refractivity (Wildman–Crippen MR) is 105 cm³/mol. The fraction of sp³-hybridized carbons (Fsp3) is 0.238. The van der Waals surface area contributed by atoms with E-state index in [-0.39, 0.29) is 5.91 Å². The molecule has 0 bridgehead atoms. The number of benzene rings is 2. The van der Waals surface area contributed by atoms with Crippen molar-refractivity contribution in [2.75, 3.05) is 27.8 Å². The van der Waals surface area contributed by atoms with Gasteiger partial charge in [-0.25, -0.2) is 4.98 Å². The van der Waals surface area contributed by atoms with Crippen molar-refractivity contribution in [2.45, 2.75) is 6.92 Å². The number of rotatable bonds is 6. The van der Waals surface area contributed by atoms with Gasteiger partial charge in [-0.1, -0.05) is 0 Å². The maximum absolute atomic E-state index is 12.6. The molecule has 0 N–H and O–H groups in total. The van der Waals surface area contributed by atoms with Gasteiger partial charge in [-0.15, -0.1) is 0 Å². The Kier molecular flexibility index (Phi) is 5.45. The molecule has 27 heavy (non-hydrogen) atoms. The smallest absolute Gasteiger partial charge is 0.273 e. The van der Waals surface area contributed by atoms with E-state index in [1.165, 1.54) is 0 Å². The van der Waals surface area contributed by atoms with E-state index in [1.807, 2.05) is 60.0 Å². The van der Waals surface area contributed by atoms with Crippen molar-refractivity contribution in [3.63, 3.8) is 0 Å². The summed E-state index contributed by atoms with van der Waals surface area (Å²) in [6, 6.07) is 15.2. The molecule has 0 saturated heterocycles. The van der Waals surface area contributed by atoms with E-state index in [4.69, 9.17) is 9.47 Å². The van der Waals surface area contributed by atoms with Gasteiger partial charge in [0.2, 0.25) is 0 Å². The van der Waals surface area contributed by atoms with Crippen LogP contribution < -0.4 is 9.47 Å². The summed E-state index contributed by atoms with van der Waals surface area (Å²) in [5.74, 6) is 2.12. The molecule has 6 nitrogen and oxygen atoms in total. The zero-order chi connectivity index (χ0) is 19.4. The number of methoxy groups -OCH3 is 2. The molecule has 0 unspecified atom stereocenters. The summed E-state index contributed by atoms with van der Waals surface area (Å²) < 4.78 is 12.4.